The minimum absolute atomic E-state index is 0.125. The molecular weight excluding hydrogens is 317 g/mol. The zero-order chi connectivity index (χ0) is 17.5. The zero-order valence-electron chi connectivity index (χ0n) is 14.7. The summed E-state index contributed by atoms with van der Waals surface area (Å²) in [6, 6.07) is 10.8. The molecule has 2 aromatic rings. The van der Waals surface area contributed by atoms with E-state index in [2.05, 4.69) is 15.4 Å². The predicted octanol–water partition coefficient (Wildman–Crippen LogP) is 3.91. The summed E-state index contributed by atoms with van der Waals surface area (Å²) in [6.45, 7) is 5.44. The van der Waals surface area contributed by atoms with Gasteiger partial charge in [-0.05, 0) is 56.0 Å². The van der Waals surface area contributed by atoms with Crippen molar-refractivity contribution in [3.8, 4) is 0 Å². The molecule has 1 fully saturated rings. The van der Waals surface area contributed by atoms with Gasteiger partial charge in [0.25, 0.3) is 0 Å². The standard InChI is InChI=1S/C20H26FN3O/c1-2-25-16-20(10-9-17-5-7-18(21)8-6-17)11-13-24(15-20)23-19-4-3-12-22-14-19/h3-8,12,14,23H,2,9-11,13,15-16H2,1H3. The van der Waals surface area contributed by atoms with Crippen LogP contribution in [0.5, 0.6) is 0 Å². The molecule has 1 aliphatic heterocycles. The summed E-state index contributed by atoms with van der Waals surface area (Å²) in [5, 5.41) is 2.25. The minimum atomic E-state index is -0.180. The third-order valence-corrected chi connectivity index (χ3v) is 4.86. The predicted molar refractivity (Wildman–Crippen MR) is 97.7 cm³/mol. The number of hydrogen-bond acceptors (Lipinski definition) is 4. The van der Waals surface area contributed by atoms with Crippen LogP contribution in [0.2, 0.25) is 0 Å². The summed E-state index contributed by atoms with van der Waals surface area (Å²) in [5.41, 5.74) is 5.75. The Balaban J connectivity index is 1.61. The van der Waals surface area contributed by atoms with Crippen LogP contribution < -0.4 is 5.43 Å². The molecule has 1 aliphatic rings. The van der Waals surface area contributed by atoms with Crippen LogP contribution in [0.15, 0.2) is 48.8 Å². The molecule has 2 heterocycles. The average Bonchev–Trinajstić information content (AvgIpc) is 3.04. The number of aryl methyl sites for hydroxylation is 1. The van der Waals surface area contributed by atoms with Crippen LogP contribution >= 0.6 is 0 Å². The Labute approximate surface area is 149 Å². The summed E-state index contributed by atoms with van der Waals surface area (Å²) in [5.74, 6) is -0.180. The highest BCUT2D eigenvalue weighted by molar-refractivity contribution is 5.38. The van der Waals surface area contributed by atoms with E-state index in [1.54, 1.807) is 6.20 Å². The minimum Gasteiger partial charge on any atom is -0.381 e. The van der Waals surface area contributed by atoms with Crippen molar-refractivity contribution < 1.29 is 9.13 Å². The molecule has 0 spiro atoms. The SMILES string of the molecule is CCOCC1(CCc2ccc(F)cc2)CCN(Nc2cccnc2)C1. The summed E-state index contributed by atoms with van der Waals surface area (Å²) in [7, 11) is 0. The van der Waals surface area contributed by atoms with E-state index in [9.17, 15) is 4.39 Å². The van der Waals surface area contributed by atoms with Gasteiger partial charge < -0.3 is 10.2 Å². The van der Waals surface area contributed by atoms with Crippen molar-refractivity contribution in [3.05, 3.63) is 60.2 Å². The van der Waals surface area contributed by atoms with Crippen molar-refractivity contribution in [1.29, 1.82) is 0 Å². The first kappa shape index (κ1) is 17.8. The van der Waals surface area contributed by atoms with Crippen LogP contribution in [-0.4, -0.2) is 36.3 Å². The average molecular weight is 343 g/mol. The maximum Gasteiger partial charge on any atom is 0.123 e. The Hall–Kier alpha value is -1.98. The summed E-state index contributed by atoms with van der Waals surface area (Å²) in [6.07, 6.45) is 6.66. The van der Waals surface area contributed by atoms with Crippen LogP contribution in [0.3, 0.4) is 0 Å². The molecule has 25 heavy (non-hydrogen) atoms. The molecule has 0 aliphatic carbocycles. The fraction of sp³-hybridized carbons (Fsp3) is 0.450. The number of aromatic nitrogens is 1. The lowest BCUT2D eigenvalue weighted by molar-refractivity contribution is 0.0509. The molecule has 0 saturated carbocycles. The van der Waals surface area contributed by atoms with Crippen LogP contribution in [0.25, 0.3) is 0 Å². The van der Waals surface area contributed by atoms with Gasteiger partial charge in [-0.3, -0.25) is 4.98 Å². The highest BCUT2D eigenvalue weighted by Crippen LogP contribution is 2.35. The first-order chi connectivity index (χ1) is 12.2. The number of pyridine rings is 1. The lowest BCUT2D eigenvalue weighted by Gasteiger charge is -2.29. The fourth-order valence-electron chi connectivity index (χ4n) is 3.42. The first-order valence-corrected chi connectivity index (χ1v) is 8.93. The van der Waals surface area contributed by atoms with Crippen molar-refractivity contribution in [2.45, 2.75) is 26.2 Å². The van der Waals surface area contributed by atoms with Gasteiger partial charge in [0.2, 0.25) is 0 Å². The van der Waals surface area contributed by atoms with Gasteiger partial charge in [0.05, 0.1) is 18.5 Å². The normalized spacial score (nSPS) is 20.7. The molecule has 4 nitrogen and oxygen atoms in total. The Morgan fingerprint density at radius 2 is 2.12 bits per heavy atom. The molecule has 134 valence electrons. The quantitative estimate of drug-likeness (QED) is 0.788. The first-order valence-electron chi connectivity index (χ1n) is 8.93. The second kappa shape index (κ2) is 8.41. The highest BCUT2D eigenvalue weighted by Gasteiger charge is 2.38. The molecule has 1 atom stereocenters. The van der Waals surface area contributed by atoms with Crippen LogP contribution in [-0.2, 0) is 11.2 Å². The molecule has 5 heteroatoms. The largest absolute Gasteiger partial charge is 0.381 e. The van der Waals surface area contributed by atoms with E-state index in [1.807, 2.05) is 37.4 Å². The number of hydrazine groups is 1. The van der Waals surface area contributed by atoms with Gasteiger partial charge in [-0.15, -0.1) is 0 Å². The van der Waals surface area contributed by atoms with E-state index in [0.717, 1.165) is 51.3 Å². The van der Waals surface area contributed by atoms with Gasteiger partial charge in [0.15, 0.2) is 0 Å². The number of halogens is 1. The van der Waals surface area contributed by atoms with Crippen molar-refractivity contribution in [1.82, 2.24) is 9.99 Å². The second-order valence-electron chi connectivity index (χ2n) is 6.79. The van der Waals surface area contributed by atoms with Gasteiger partial charge >= 0.3 is 0 Å². The topological polar surface area (TPSA) is 37.4 Å². The highest BCUT2D eigenvalue weighted by atomic mass is 19.1. The van der Waals surface area contributed by atoms with E-state index in [1.165, 1.54) is 17.7 Å². The molecule has 0 bridgehead atoms. The van der Waals surface area contributed by atoms with Gasteiger partial charge in [0.1, 0.15) is 5.82 Å². The molecule has 1 saturated heterocycles. The molecule has 1 N–H and O–H groups in total. The summed E-state index contributed by atoms with van der Waals surface area (Å²) in [4.78, 5) is 4.15. The summed E-state index contributed by atoms with van der Waals surface area (Å²) >= 11 is 0. The Bertz CT molecular complexity index is 650. The van der Waals surface area contributed by atoms with Crippen molar-refractivity contribution in [2.75, 3.05) is 31.7 Å². The van der Waals surface area contributed by atoms with Gasteiger partial charge in [-0.2, -0.15) is 0 Å². The maximum atomic E-state index is 13.1. The zero-order valence-corrected chi connectivity index (χ0v) is 14.7. The number of nitrogens with zero attached hydrogens (tertiary/aromatic N) is 2. The van der Waals surface area contributed by atoms with Gasteiger partial charge in [-0.1, -0.05) is 12.1 Å². The second-order valence-corrected chi connectivity index (χ2v) is 6.79. The molecule has 0 amide bonds. The molecule has 0 radical (unpaired) electrons. The van der Waals surface area contributed by atoms with Gasteiger partial charge in [-0.25, -0.2) is 9.40 Å². The number of rotatable bonds is 8. The smallest absolute Gasteiger partial charge is 0.123 e. The fourth-order valence-corrected chi connectivity index (χ4v) is 3.42. The van der Waals surface area contributed by atoms with Crippen molar-refractivity contribution >= 4 is 5.69 Å². The Morgan fingerprint density at radius 3 is 2.84 bits per heavy atom. The van der Waals surface area contributed by atoms with E-state index >= 15 is 0 Å². The number of ether oxygens (including phenoxy) is 1. The number of nitrogens with one attached hydrogen (secondary N) is 1. The monoisotopic (exact) mass is 343 g/mol. The molecular formula is C20H26FN3O. The van der Waals surface area contributed by atoms with Crippen LogP contribution in [0.1, 0.15) is 25.3 Å². The van der Waals surface area contributed by atoms with E-state index in [-0.39, 0.29) is 11.2 Å². The lowest BCUT2D eigenvalue weighted by atomic mass is 9.82. The molecule has 1 aromatic heterocycles. The third kappa shape index (κ3) is 5.00. The van der Waals surface area contributed by atoms with Gasteiger partial charge in [0, 0.05) is 31.3 Å². The number of benzene rings is 1. The van der Waals surface area contributed by atoms with Crippen LogP contribution in [0.4, 0.5) is 10.1 Å². The molecule has 1 aromatic carbocycles. The lowest BCUT2D eigenvalue weighted by Crippen LogP contribution is -2.34. The van der Waals surface area contributed by atoms with E-state index in [4.69, 9.17) is 4.74 Å². The van der Waals surface area contributed by atoms with E-state index in [0.29, 0.717) is 0 Å². The maximum absolute atomic E-state index is 13.1. The third-order valence-electron chi connectivity index (χ3n) is 4.86. The van der Waals surface area contributed by atoms with Crippen molar-refractivity contribution in [3.63, 3.8) is 0 Å². The number of hydrogen-bond donors (Lipinski definition) is 1. The van der Waals surface area contributed by atoms with Crippen LogP contribution in [0, 0.1) is 11.2 Å². The number of anilines is 1. The molecule has 3 rings (SSSR count). The Morgan fingerprint density at radius 1 is 1.28 bits per heavy atom. The van der Waals surface area contributed by atoms with Crippen molar-refractivity contribution in [2.24, 2.45) is 5.41 Å². The van der Waals surface area contributed by atoms with E-state index < -0.39 is 0 Å². The summed E-state index contributed by atoms with van der Waals surface area (Å²) < 4.78 is 18.9. The Kier molecular flexibility index (Phi) is 6.00. The molecule has 1 unspecified atom stereocenters.